The lowest BCUT2D eigenvalue weighted by molar-refractivity contribution is -0.142. The van der Waals surface area contributed by atoms with E-state index in [2.05, 4.69) is 0 Å². The maximum absolute atomic E-state index is 13.2. The SMILES string of the molecule is O=C(O)C1CC1C(=O)N1CCN(C(=O)c2cccc(F)c2)CC1. The van der Waals surface area contributed by atoms with E-state index in [1.807, 2.05) is 0 Å². The molecule has 2 amide bonds. The molecule has 0 radical (unpaired) electrons. The van der Waals surface area contributed by atoms with Gasteiger partial charge in [0.05, 0.1) is 11.8 Å². The number of hydrogen-bond acceptors (Lipinski definition) is 3. The molecule has 1 N–H and O–H groups in total. The molecular formula is C16H17FN2O4. The van der Waals surface area contributed by atoms with Gasteiger partial charge in [0.15, 0.2) is 0 Å². The topological polar surface area (TPSA) is 77.9 Å². The highest BCUT2D eigenvalue weighted by atomic mass is 19.1. The number of carboxylic acids is 1. The molecule has 0 aromatic heterocycles. The van der Waals surface area contributed by atoms with Crippen LogP contribution in [-0.4, -0.2) is 58.9 Å². The normalized spacial score (nSPS) is 23.5. The fraction of sp³-hybridized carbons (Fsp3) is 0.438. The number of carbonyl (C=O) groups is 3. The van der Waals surface area contributed by atoms with Crippen LogP contribution in [0.2, 0.25) is 0 Å². The first-order valence-corrected chi connectivity index (χ1v) is 7.54. The number of piperazine rings is 1. The predicted octanol–water partition coefficient (Wildman–Crippen LogP) is 0.831. The van der Waals surface area contributed by atoms with Gasteiger partial charge >= 0.3 is 5.97 Å². The minimum absolute atomic E-state index is 0.143. The Morgan fingerprint density at radius 2 is 1.70 bits per heavy atom. The van der Waals surface area contributed by atoms with Crippen LogP contribution in [0.25, 0.3) is 0 Å². The Morgan fingerprint density at radius 3 is 2.26 bits per heavy atom. The summed E-state index contributed by atoms with van der Waals surface area (Å²) >= 11 is 0. The van der Waals surface area contributed by atoms with E-state index in [1.54, 1.807) is 15.9 Å². The highest BCUT2D eigenvalue weighted by Crippen LogP contribution is 2.40. The average molecular weight is 320 g/mol. The maximum atomic E-state index is 13.2. The van der Waals surface area contributed by atoms with Crippen LogP contribution in [0, 0.1) is 17.7 Å². The predicted molar refractivity (Wildman–Crippen MR) is 78.1 cm³/mol. The first kappa shape index (κ1) is 15.5. The number of aliphatic carboxylic acids is 1. The van der Waals surface area contributed by atoms with Crippen molar-refractivity contribution >= 4 is 17.8 Å². The van der Waals surface area contributed by atoms with Crippen LogP contribution in [0.1, 0.15) is 16.8 Å². The number of halogens is 1. The number of carbonyl (C=O) groups excluding carboxylic acids is 2. The number of benzene rings is 1. The average Bonchev–Trinajstić information content (AvgIpc) is 3.34. The summed E-state index contributed by atoms with van der Waals surface area (Å²) in [7, 11) is 0. The molecule has 122 valence electrons. The van der Waals surface area contributed by atoms with Crippen molar-refractivity contribution in [3.8, 4) is 0 Å². The molecule has 6 nitrogen and oxygen atoms in total. The van der Waals surface area contributed by atoms with Crippen LogP contribution in [0.5, 0.6) is 0 Å². The van der Waals surface area contributed by atoms with Gasteiger partial charge in [-0.1, -0.05) is 6.07 Å². The van der Waals surface area contributed by atoms with Gasteiger partial charge in [-0.05, 0) is 24.6 Å². The fourth-order valence-corrected chi connectivity index (χ4v) is 2.91. The third-order valence-corrected chi connectivity index (χ3v) is 4.37. The van der Waals surface area contributed by atoms with Crippen LogP contribution in [0.3, 0.4) is 0 Å². The molecule has 1 aromatic rings. The smallest absolute Gasteiger partial charge is 0.307 e. The van der Waals surface area contributed by atoms with Crippen LogP contribution in [0.15, 0.2) is 24.3 Å². The van der Waals surface area contributed by atoms with E-state index in [4.69, 9.17) is 5.11 Å². The van der Waals surface area contributed by atoms with E-state index in [9.17, 15) is 18.8 Å². The minimum Gasteiger partial charge on any atom is -0.481 e. The summed E-state index contributed by atoms with van der Waals surface area (Å²) in [5, 5.41) is 8.88. The van der Waals surface area contributed by atoms with Crippen molar-refractivity contribution in [2.45, 2.75) is 6.42 Å². The minimum atomic E-state index is -0.928. The molecule has 0 spiro atoms. The van der Waals surface area contributed by atoms with Gasteiger partial charge in [-0.15, -0.1) is 0 Å². The number of hydrogen-bond donors (Lipinski definition) is 1. The zero-order valence-corrected chi connectivity index (χ0v) is 12.4. The van der Waals surface area contributed by atoms with Gasteiger partial charge in [-0.2, -0.15) is 0 Å². The van der Waals surface area contributed by atoms with Crippen LogP contribution >= 0.6 is 0 Å². The Labute approximate surface area is 132 Å². The molecule has 3 rings (SSSR count). The maximum Gasteiger partial charge on any atom is 0.307 e. The highest BCUT2D eigenvalue weighted by molar-refractivity contribution is 5.94. The number of rotatable bonds is 3. The van der Waals surface area contributed by atoms with Crippen molar-refractivity contribution in [2.24, 2.45) is 11.8 Å². The molecule has 2 aliphatic rings. The molecule has 7 heteroatoms. The van der Waals surface area contributed by atoms with Gasteiger partial charge in [-0.3, -0.25) is 14.4 Å². The molecule has 2 unspecified atom stereocenters. The number of carboxylic acid groups (broad SMARTS) is 1. The molecule has 1 aliphatic heterocycles. The van der Waals surface area contributed by atoms with Crippen LogP contribution in [0.4, 0.5) is 4.39 Å². The lowest BCUT2D eigenvalue weighted by atomic mass is 10.1. The molecule has 23 heavy (non-hydrogen) atoms. The Morgan fingerprint density at radius 1 is 1.04 bits per heavy atom. The summed E-state index contributed by atoms with van der Waals surface area (Å²) in [6.45, 7) is 1.49. The standard InChI is InChI=1S/C16H17FN2O4/c17-11-3-1-2-10(8-11)14(20)18-4-6-19(7-5-18)15(21)12-9-13(12)16(22)23/h1-3,8,12-13H,4-7,9H2,(H,22,23). The van der Waals surface area contributed by atoms with Gasteiger partial charge < -0.3 is 14.9 Å². The first-order valence-electron chi connectivity index (χ1n) is 7.54. The third-order valence-electron chi connectivity index (χ3n) is 4.37. The number of amides is 2. The van der Waals surface area contributed by atoms with E-state index < -0.39 is 23.6 Å². The summed E-state index contributed by atoms with van der Waals surface area (Å²) in [5.74, 6) is -2.77. The van der Waals surface area contributed by atoms with Crippen molar-refractivity contribution in [3.05, 3.63) is 35.6 Å². The van der Waals surface area contributed by atoms with Gasteiger partial charge in [0.2, 0.25) is 5.91 Å². The van der Waals surface area contributed by atoms with Gasteiger partial charge in [-0.25, -0.2) is 4.39 Å². The van der Waals surface area contributed by atoms with Gasteiger partial charge in [0, 0.05) is 31.7 Å². The molecule has 2 fully saturated rings. The molecule has 1 saturated heterocycles. The van der Waals surface area contributed by atoms with Crippen molar-refractivity contribution in [1.82, 2.24) is 9.80 Å². The monoisotopic (exact) mass is 320 g/mol. The van der Waals surface area contributed by atoms with E-state index in [0.29, 0.717) is 32.6 Å². The van der Waals surface area contributed by atoms with E-state index >= 15 is 0 Å². The summed E-state index contributed by atoms with van der Waals surface area (Å²) in [5.41, 5.74) is 0.290. The van der Waals surface area contributed by atoms with Gasteiger partial charge in [0.25, 0.3) is 5.91 Å². The quantitative estimate of drug-likeness (QED) is 0.895. The van der Waals surface area contributed by atoms with Crippen molar-refractivity contribution < 1.29 is 23.9 Å². The second-order valence-electron chi connectivity index (χ2n) is 5.91. The number of nitrogens with zero attached hydrogens (tertiary/aromatic N) is 2. The molecule has 1 aliphatic carbocycles. The second kappa shape index (κ2) is 5.98. The zero-order chi connectivity index (χ0) is 16.6. The Kier molecular flexibility index (Phi) is 4.02. The van der Waals surface area contributed by atoms with Crippen LogP contribution in [-0.2, 0) is 9.59 Å². The van der Waals surface area contributed by atoms with E-state index in [0.717, 1.165) is 0 Å². The molecule has 1 aromatic carbocycles. The summed E-state index contributed by atoms with van der Waals surface area (Å²) < 4.78 is 13.2. The Bertz CT molecular complexity index is 655. The zero-order valence-electron chi connectivity index (χ0n) is 12.4. The molecule has 2 atom stereocenters. The third kappa shape index (κ3) is 3.18. The summed E-state index contributed by atoms with van der Waals surface area (Å²) in [6, 6.07) is 5.52. The Balaban J connectivity index is 1.55. The highest BCUT2D eigenvalue weighted by Gasteiger charge is 2.50. The molecule has 1 saturated carbocycles. The Hall–Kier alpha value is -2.44. The summed E-state index contributed by atoms with van der Waals surface area (Å²) in [6.07, 6.45) is 0.399. The molecule has 1 heterocycles. The van der Waals surface area contributed by atoms with E-state index in [1.165, 1.54) is 18.2 Å². The van der Waals surface area contributed by atoms with Crippen molar-refractivity contribution in [2.75, 3.05) is 26.2 Å². The van der Waals surface area contributed by atoms with E-state index in [-0.39, 0.29) is 17.4 Å². The van der Waals surface area contributed by atoms with Gasteiger partial charge in [0.1, 0.15) is 5.82 Å². The second-order valence-corrected chi connectivity index (χ2v) is 5.91. The first-order chi connectivity index (χ1) is 11.0. The van der Waals surface area contributed by atoms with Crippen molar-refractivity contribution in [1.29, 1.82) is 0 Å². The lowest BCUT2D eigenvalue weighted by Gasteiger charge is -2.35. The fourth-order valence-electron chi connectivity index (χ4n) is 2.91. The summed E-state index contributed by atoms with van der Waals surface area (Å²) in [4.78, 5) is 38.5. The molecule has 0 bridgehead atoms. The lowest BCUT2D eigenvalue weighted by Crippen LogP contribution is -2.51. The van der Waals surface area contributed by atoms with Crippen molar-refractivity contribution in [3.63, 3.8) is 0 Å². The molecular weight excluding hydrogens is 303 g/mol. The van der Waals surface area contributed by atoms with Crippen LogP contribution < -0.4 is 0 Å². The largest absolute Gasteiger partial charge is 0.481 e.